The lowest BCUT2D eigenvalue weighted by atomic mass is 10.1. The third-order valence-electron chi connectivity index (χ3n) is 4.62. The first-order valence-electron chi connectivity index (χ1n) is 8.93. The second-order valence-electron chi connectivity index (χ2n) is 7.07. The van der Waals surface area contributed by atoms with Gasteiger partial charge in [0.15, 0.2) is 5.69 Å². The first-order valence-corrected chi connectivity index (χ1v) is 8.93. The van der Waals surface area contributed by atoms with E-state index in [1.165, 1.54) is 11.6 Å². The highest BCUT2D eigenvalue weighted by molar-refractivity contribution is 6.04. The van der Waals surface area contributed by atoms with Crippen molar-refractivity contribution in [2.45, 2.75) is 27.3 Å². The topological polar surface area (TPSA) is 75.5 Å². The van der Waals surface area contributed by atoms with Crippen molar-refractivity contribution in [3.63, 3.8) is 0 Å². The molecule has 0 atom stereocenters. The molecule has 2 aromatic rings. The second kappa shape index (κ2) is 7.27. The lowest BCUT2D eigenvalue weighted by Gasteiger charge is -2.34. The third kappa shape index (κ3) is 3.47. The van der Waals surface area contributed by atoms with E-state index < -0.39 is 0 Å². The number of amides is 2. The average molecular weight is 356 g/mol. The zero-order valence-electron chi connectivity index (χ0n) is 15.4. The molecule has 0 N–H and O–H groups in total. The van der Waals surface area contributed by atoms with Crippen molar-refractivity contribution in [2.75, 3.05) is 26.2 Å². The summed E-state index contributed by atoms with van der Waals surface area (Å²) < 4.78 is 1.39. The van der Waals surface area contributed by atoms with Crippen LogP contribution in [-0.4, -0.2) is 57.6 Å². The highest BCUT2D eigenvalue weighted by Crippen LogP contribution is 2.17. The number of hydrogen-bond acceptors (Lipinski definition) is 4. The fourth-order valence-corrected chi connectivity index (χ4v) is 3.24. The molecule has 1 fully saturated rings. The SMILES string of the molecule is CC(=O)N1CCN(C(=O)c2nn(CC(C)C)c(=O)c3ccccc23)CC1. The lowest BCUT2D eigenvalue weighted by Crippen LogP contribution is -2.50. The molecule has 1 aliphatic rings. The number of rotatable bonds is 3. The monoisotopic (exact) mass is 356 g/mol. The fourth-order valence-electron chi connectivity index (χ4n) is 3.24. The summed E-state index contributed by atoms with van der Waals surface area (Å²) in [5, 5.41) is 5.49. The van der Waals surface area contributed by atoms with Crippen LogP contribution >= 0.6 is 0 Å². The van der Waals surface area contributed by atoms with Crippen LogP contribution in [0, 0.1) is 5.92 Å². The molecule has 1 saturated heterocycles. The Morgan fingerprint density at radius 2 is 1.62 bits per heavy atom. The molecule has 2 heterocycles. The van der Waals surface area contributed by atoms with E-state index >= 15 is 0 Å². The van der Waals surface area contributed by atoms with Crippen LogP contribution in [0.5, 0.6) is 0 Å². The first-order chi connectivity index (χ1) is 12.4. The van der Waals surface area contributed by atoms with Gasteiger partial charge >= 0.3 is 0 Å². The minimum atomic E-state index is -0.193. The van der Waals surface area contributed by atoms with Gasteiger partial charge in [-0.3, -0.25) is 14.4 Å². The minimum Gasteiger partial charge on any atom is -0.339 e. The zero-order valence-corrected chi connectivity index (χ0v) is 15.4. The molecular formula is C19H24N4O3. The van der Waals surface area contributed by atoms with Crippen LogP contribution in [0.1, 0.15) is 31.3 Å². The van der Waals surface area contributed by atoms with E-state index in [4.69, 9.17) is 0 Å². The van der Waals surface area contributed by atoms with Gasteiger partial charge in [0.2, 0.25) is 5.91 Å². The first kappa shape index (κ1) is 18.1. The quantitative estimate of drug-likeness (QED) is 0.832. The molecule has 1 aromatic heterocycles. The molecule has 2 amide bonds. The Kier molecular flexibility index (Phi) is 5.06. The molecule has 0 spiro atoms. The number of aromatic nitrogens is 2. The molecule has 0 bridgehead atoms. The summed E-state index contributed by atoms with van der Waals surface area (Å²) in [4.78, 5) is 40.7. The van der Waals surface area contributed by atoms with Gasteiger partial charge in [0.1, 0.15) is 0 Å². The van der Waals surface area contributed by atoms with Crippen molar-refractivity contribution in [1.29, 1.82) is 0 Å². The van der Waals surface area contributed by atoms with Crippen LogP contribution < -0.4 is 5.56 Å². The van der Waals surface area contributed by atoms with E-state index in [9.17, 15) is 14.4 Å². The van der Waals surface area contributed by atoms with Gasteiger partial charge in [-0.1, -0.05) is 32.0 Å². The molecule has 0 radical (unpaired) electrons. The molecular weight excluding hydrogens is 332 g/mol. The molecule has 0 unspecified atom stereocenters. The van der Waals surface area contributed by atoms with Gasteiger partial charge in [-0.25, -0.2) is 4.68 Å². The number of fused-ring (bicyclic) bond motifs is 1. The maximum absolute atomic E-state index is 13.1. The highest BCUT2D eigenvalue weighted by atomic mass is 16.2. The van der Waals surface area contributed by atoms with Crippen molar-refractivity contribution >= 4 is 22.6 Å². The van der Waals surface area contributed by atoms with Gasteiger partial charge in [-0.15, -0.1) is 0 Å². The number of benzene rings is 1. The van der Waals surface area contributed by atoms with Crippen LogP contribution in [0.25, 0.3) is 10.8 Å². The molecule has 26 heavy (non-hydrogen) atoms. The normalized spacial score (nSPS) is 14.9. The van der Waals surface area contributed by atoms with Crippen LogP contribution in [0.4, 0.5) is 0 Å². The number of carbonyl (C=O) groups is 2. The molecule has 138 valence electrons. The van der Waals surface area contributed by atoms with Crippen LogP contribution in [0.15, 0.2) is 29.1 Å². The van der Waals surface area contributed by atoms with Crippen molar-refractivity contribution in [2.24, 2.45) is 5.92 Å². The summed E-state index contributed by atoms with van der Waals surface area (Å²) in [5.41, 5.74) is 0.129. The maximum Gasteiger partial charge on any atom is 0.275 e. The van der Waals surface area contributed by atoms with Crippen molar-refractivity contribution in [3.8, 4) is 0 Å². The van der Waals surface area contributed by atoms with Crippen molar-refractivity contribution in [1.82, 2.24) is 19.6 Å². The predicted octanol–water partition coefficient (Wildman–Crippen LogP) is 1.36. The summed E-state index contributed by atoms with van der Waals surface area (Å²) >= 11 is 0. The van der Waals surface area contributed by atoms with Gasteiger partial charge in [-0.05, 0) is 12.0 Å². The summed E-state index contributed by atoms with van der Waals surface area (Å²) in [6, 6.07) is 7.10. The molecule has 7 heteroatoms. The van der Waals surface area contributed by atoms with Crippen LogP contribution in [0.2, 0.25) is 0 Å². The zero-order chi connectivity index (χ0) is 18.8. The molecule has 7 nitrogen and oxygen atoms in total. The van der Waals surface area contributed by atoms with Gasteiger partial charge < -0.3 is 9.80 Å². The lowest BCUT2D eigenvalue weighted by molar-refractivity contribution is -0.130. The minimum absolute atomic E-state index is 0.0196. The Balaban J connectivity index is 1.98. The number of nitrogens with zero attached hydrogens (tertiary/aromatic N) is 4. The van der Waals surface area contributed by atoms with Crippen LogP contribution in [0.3, 0.4) is 0 Å². The maximum atomic E-state index is 13.1. The van der Waals surface area contributed by atoms with Gasteiger partial charge in [-0.2, -0.15) is 5.10 Å². The van der Waals surface area contributed by atoms with E-state index in [2.05, 4.69) is 5.10 Å². The van der Waals surface area contributed by atoms with Crippen molar-refractivity contribution < 1.29 is 9.59 Å². The molecule has 1 aliphatic heterocycles. The van der Waals surface area contributed by atoms with E-state index in [-0.39, 0.29) is 23.3 Å². The molecule has 1 aromatic carbocycles. The van der Waals surface area contributed by atoms with Gasteiger partial charge in [0, 0.05) is 45.0 Å². The summed E-state index contributed by atoms with van der Waals surface area (Å²) in [7, 11) is 0. The average Bonchev–Trinajstić information content (AvgIpc) is 2.63. The van der Waals surface area contributed by atoms with E-state index in [1.54, 1.807) is 34.1 Å². The Hall–Kier alpha value is -2.70. The van der Waals surface area contributed by atoms with Crippen LogP contribution in [-0.2, 0) is 11.3 Å². The predicted molar refractivity (Wildman–Crippen MR) is 99.0 cm³/mol. The summed E-state index contributed by atoms with van der Waals surface area (Å²) in [6.07, 6.45) is 0. The number of piperazine rings is 1. The van der Waals surface area contributed by atoms with E-state index in [0.29, 0.717) is 49.2 Å². The Morgan fingerprint density at radius 3 is 2.19 bits per heavy atom. The smallest absolute Gasteiger partial charge is 0.275 e. The Labute approximate surface area is 152 Å². The summed E-state index contributed by atoms with van der Waals surface area (Å²) in [5.74, 6) is 0.0662. The Bertz CT molecular complexity index is 895. The third-order valence-corrected chi connectivity index (χ3v) is 4.62. The Morgan fingerprint density at radius 1 is 1.04 bits per heavy atom. The number of carbonyl (C=O) groups excluding carboxylic acids is 2. The highest BCUT2D eigenvalue weighted by Gasteiger charge is 2.26. The molecule has 0 saturated carbocycles. The van der Waals surface area contributed by atoms with Crippen molar-refractivity contribution in [3.05, 3.63) is 40.3 Å². The summed E-state index contributed by atoms with van der Waals surface area (Å²) in [6.45, 7) is 7.98. The second-order valence-corrected chi connectivity index (χ2v) is 7.07. The van der Waals surface area contributed by atoms with E-state index in [0.717, 1.165) is 0 Å². The largest absolute Gasteiger partial charge is 0.339 e. The van der Waals surface area contributed by atoms with Gasteiger partial charge in [0.25, 0.3) is 11.5 Å². The molecule has 0 aliphatic carbocycles. The van der Waals surface area contributed by atoms with Gasteiger partial charge in [0.05, 0.1) is 5.39 Å². The molecule has 3 rings (SSSR count). The standard InChI is InChI=1S/C19H24N4O3/c1-13(2)12-23-18(25)16-7-5-4-6-15(16)17(20-23)19(26)22-10-8-21(9-11-22)14(3)24/h4-7,13H,8-12H2,1-3H3. The number of hydrogen-bond donors (Lipinski definition) is 0. The van der Waals surface area contributed by atoms with E-state index in [1.807, 2.05) is 13.8 Å². The fraction of sp³-hybridized carbons (Fsp3) is 0.474.